The molecule has 0 unspecified atom stereocenters. The van der Waals surface area contributed by atoms with Gasteiger partial charge >= 0.3 is 0 Å². The Hall–Kier alpha value is -1.99. The molecule has 0 saturated carbocycles. The van der Waals surface area contributed by atoms with Crippen molar-refractivity contribution in [3.63, 3.8) is 0 Å². The van der Waals surface area contributed by atoms with Crippen LogP contribution in [-0.2, 0) is 0 Å². The number of H-pyrrole nitrogens is 1. The molecule has 1 rings (SSSR count). The van der Waals surface area contributed by atoms with Gasteiger partial charge < -0.3 is 10.7 Å². The van der Waals surface area contributed by atoms with E-state index in [0.29, 0.717) is 0 Å². The number of rotatable bonds is 5. The highest BCUT2D eigenvalue weighted by Gasteiger charge is 2.10. The Morgan fingerprint density at radius 2 is 2.53 bits per heavy atom. The maximum atomic E-state index is 11.9. The van der Waals surface area contributed by atoms with Crippen LogP contribution in [-0.4, -0.2) is 41.2 Å². The summed E-state index contributed by atoms with van der Waals surface area (Å²) in [6.07, 6.45) is 1.28. The van der Waals surface area contributed by atoms with Crippen LogP contribution in [0.2, 0.25) is 0 Å². The number of alkyl halides is 1. The van der Waals surface area contributed by atoms with Crippen molar-refractivity contribution in [2.45, 2.75) is 0 Å². The molecular formula is C7H11FN6O. The van der Waals surface area contributed by atoms with Crippen LogP contribution >= 0.6 is 0 Å². The van der Waals surface area contributed by atoms with Gasteiger partial charge in [0.2, 0.25) is 5.82 Å². The quantitative estimate of drug-likeness (QED) is 0.548. The zero-order chi connectivity index (χ0) is 11.3. The minimum atomic E-state index is -0.672. The Kier molecular flexibility index (Phi) is 3.72. The molecule has 0 radical (unpaired) electrons. The van der Waals surface area contributed by atoms with Crippen molar-refractivity contribution >= 4 is 11.7 Å². The lowest BCUT2D eigenvalue weighted by Crippen LogP contribution is -2.13. The monoisotopic (exact) mass is 214 g/mol. The average Bonchev–Trinajstić information content (AvgIpc) is 2.63. The lowest BCUT2D eigenvalue weighted by molar-refractivity contribution is 0.0996. The van der Waals surface area contributed by atoms with Crippen molar-refractivity contribution in [3.05, 3.63) is 12.0 Å². The molecule has 3 N–H and O–H groups in total. The number of nitrogens with two attached hydrogens (primary N) is 1. The van der Waals surface area contributed by atoms with Gasteiger partial charge in [-0.05, 0) is 0 Å². The Labute approximate surface area is 85.2 Å². The molecule has 0 saturated heterocycles. The van der Waals surface area contributed by atoms with E-state index in [1.165, 1.54) is 11.3 Å². The molecule has 15 heavy (non-hydrogen) atoms. The normalized spacial score (nSPS) is 10.8. The van der Waals surface area contributed by atoms with Gasteiger partial charge in [0.25, 0.3) is 5.91 Å². The van der Waals surface area contributed by atoms with Crippen LogP contribution in [0.5, 0.6) is 0 Å². The predicted molar refractivity (Wildman–Crippen MR) is 50.2 cm³/mol. The van der Waals surface area contributed by atoms with Crippen molar-refractivity contribution in [1.82, 2.24) is 15.0 Å². The van der Waals surface area contributed by atoms with E-state index in [2.05, 4.69) is 20.3 Å². The first-order valence-electron chi connectivity index (χ1n) is 4.17. The third kappa shape index (κ3) is 3.01. The van der Waals surface area contributed by atoms with Crippen LogP contribution < -0.4 is 5.73 Å². The van der Waals surface area contributed by atoms with E-state index in [0.717, 1.165) is 0 Å². The van der Waals surface area contributed by atoms with E-state index in [1.807, 2.05) is 0 Å². The van der Waals surface area contributed by atoms with E-state index >= 15 is 0 Å². The number of hydrogen-bond donors (Lipinski definition) is 2. The SMILES string of the molecule is CN(CCF)/N=N/c1nc[nH]c1C(N)=O. The first-order valence-corrected chi connectivity index (χ1v) is 4.17. The van der Waals surface area contributed by atoms with Gasteiger partial charge in [0, 0.05) is 7.05 Å². The number of amides is 1. The standard InChI is InChI=1S/C7H11FN6O/c1-14(3-2-8)13-12-7-5(6(9)15)10-4-11-7/h4H,2-3H2,1H3,(H2,9,15)(H,10,11)/b13-12+. The zero-order valence-electron chi connectivity index (χ0n) is 8.14. The maximum Gasteiger partial charge on any atom is 0.269 e. The fraction of sp³-hybridized carbons (Fsp3) is 0.429. The number of aromatic nitrogens is 2. The minimum absolute atomic E-state index is 0.0763. The highest BCUT2D eigenvalue weighted by molar-refractivity contribution is 5.94. The molecule has 0 spiro atoms. The molecule has 1 aromatic rings. The summed E-state index contributed by atoms with van der Waals surface area (Å²) in [5.74, 6) is -0.581. The summed E-state index contributed by atoms with van der Waals surface area (Å²) < 4.78 is 11.9. The summed E-state index contributed by atoms with van der Waals surface area (Å²) in [7, 11) is 1.56. The molecule has 0 atom stereocenters. The smallest absolute Gasteiger partial charge is 0.269 e. The van der Waals surface area contributed by atoms with E-state index in [-0.39, 0.29) is 18.1 Å². The van der Waals surface area contributed by atoms with Gasteiger partial charge in [0.05, 0.1) is 12.9 Å². The topological polar surface area (TPSA) is 99.7 Å². The third-order valence-corrected chi connectivity index (χ3v) is 1.57. The molecule has 0 bridgehead atoms. The molecule has 82 valence electrons. The Morgan fingerprint density at radius 1 is 1.80 bits per heavy atom. The highest BCUT2D eigenvalue weighted by Crippen LogP contribution is 2.13. The molecule has 0 aliphatic rings. The summed E-state index contributed by atoms with van der Waals surface area (Å²) in [4.78, 5) is 17.1. The van der Waals surface area contributed by atoms with Crippen molar-refractivity contribution in [3.8, 4) is 0 Å². The molecule has 0 fully saturated rings. The third-order valence-electron chi connectivity index (χ3n) is 1.57. The van der Waals surface area contributed by atoms with Gasteiger partial charge in [0.1, 0.15) is 6.67 Å². The first kappa shape index (κ1) is 11.1. The lowest BCUT2D eigenvalue weighted by Gasteiger charge is -2.06. The average molecular weight is 214 g/mol. The summed E-state index contributed by atoms with van der Waals surface area (Å²) >= 11 is 0. The fourth-order valence-electron chi connectivity index (χ4n) is 0.830. The molecule has 1 aromatic heterocycles. The number of primary amides is 1. The van der Waals surface area contributed by atoms with E-state index < -0.39 is 12.6 Å². The van der Waals surface area contributed by atoms with Crippen LogP contribution in [0.4, 0.5) is 10.2 Å². The highest BCUT2D eigenvalue weighted by atomic mass is 19.1. The number of nitrogens with zero attached hydrogens (tertiary/aromatic N) is 4. The van der Waals surface area contributed by atoms with Gasteiger partial charge in [-0.2, -0.15) is 0 Å². The molecule has 1 amide bonds. The number of aromatic amines is 1. The number of halogens is 1. The van der Waals surface area contributed by atoms with Gasteiger partial charge in [0.15, 0.2) is 5.69 Å². The number of hydrogen-bond acceptors (Lipinski definition) is 4. The van der Waals surface area contributed by atoms with Crippen LogP contribution in [0, 0.1) is 0 Å². The molecule has 1 heterocycles. The minimum Gasteiger partial charge on any atom is -0.364 e. The van der Waals surface area contributed by atoms with Crippen LogP contribution in [0.25, 0.3) is 0 Å². The Balaban J connectivity index is 2.71. The van der Waals surface area contributed by atoms with Gasteiger partial charge in [-0.1, -0.05) is 5.22 Å². The molecule has 8 heteroatoms. The van der Waals surface area contributed by atoms with Gasteiger partial charge in [-0.3, -0.25) is 9.80 Å². The van der Waals surface area contributed by atoms with Crippen LogP contribution in [0.3, 0.4) is 0 Å². The number of nitrogens with one attached hydrogen (secondary N) is 1. The predicted octanol–water partition coefficient (Wildman–Crippen LogP) is 0.409. The first-order chi connectivity index (χ1) is 7.15. The molecule has 7 nitrogen and oxygen atoms in total. The molecule has 0 aliphatic carbocycles. The van der Waals surface area contributed by atoms with E-state index in [4.69, 9.17) is 5.73 Å². The van der Waals surface area contributed by atoms with Gasteiger partial charge in [-0.15, -0.1) is 5.11 Å². The molecule has 0 aliphatic heterocycles. The van der Waals surface area contributed by atoms with Crippen LogP contribution in [0.1, 0.15) is 10.5 Å². The van der Waals surface area contributed by atoms with Crippen molar-refractivity contribution in [1.29, 1.82) is 0 Å². The second kappa shape index (κ2) is 5.03. The summed E-state index contributed by atoms with van der Waals surface area (Å²) in [5, 5.41) is 8.57. The number of imidazole rings is 1. The number of carbonyl (C=O) groups is 1. The van der Waals surface area contributed by atoms with Crippen LogP contribution in [0.15, 0.2) is 16.7 Å². The lowest BCUT2D eigenvalue weighted by atomic mass is 10.4. The summed E-state index contributed by atoms with van der Waals surface area (Å²) in [6.45, 7) is -0.404. The molecule has 0 aromatic carbocycles. The largest absolute Gasteiger partial charge is 0.364 e. The van der Waals surface area contributed by atoms with E-state index in [9.17, 15) is 9.18 Å². The summed E-state index contributed by atoms with van der Waals surface area (Å²) in [5.41, 5.74) is 5.11. The van der Waals surface area contributed by atoms with Crippen molar-refractivity contribution in [2.24, 2.45) is 16.1 Å². The van der Waals surface area contributed by atoms with Gasteiger partial charge in [-0.25, -0.2) is 9.37 Å². The zero-order valence-corrected chi connectivity index (χ0v) is 8.14. The van der Waals surface area contributed by atoms with E-state index in [1.54, 1.807) is 7.05 Å². The van der Waals surface area contributed by atoms with Crippen molar-refractivity contribution < 1.29 is 9.18 Å². The van der Waals surface area contributed by atoms with Crippen molar-refractivity contribution in [2.75, 3.05) is 20.3 Å². The Morgan fingerprint density at radius 3 is 3.13 bits per heavy atom. The number of carbonyl (C=O) groups excluding carboxylic acids is 1. The molecular weight excluding hydrogens is 203 g/mol. The maximum absolute atomic E-state index is 11.9. The second-order valence-electron chi connectivity index (χ2n) is 2.73. The second-order valence-corrected chi connectivity index (χ2v) is 2.73. The fourth-order valence-corrected chi connectivity index (χ4v) is 0.830. The Bertz CT molecular complexity index is 362. The summed E-state index contributed by atoms with van der Waals surface area (Å²) in [6, 6.07) is 0.